The Balaban J connectivity index is 3.39. The summed E-state index contributed by atoms with van der Waals surface area (Å²) < 4.78 is 11.3. The van der Waals surface area contributed by atoms with Gasteiger partial charge in [0.25, 0.3) is 0 Å². The molecule has 0 aliphatic rings. The van der Waals surface area contributed by atoms with Crippen LogP contribution in [0.5, 0.6) is 0 Å². The highest BCUT2D eigenvalue weighted by Crippen LogP contribution is 1.90. The van der Waals surface area contributed by atoms with Crippen LogP contribution in [0, 0.1) is 0 Å². The molecule has 0 aliphatic heterocycles. The van der Waals surface area contributed by atoms with Crippen LogP contribution in [0.2, 0.25) is 0 Å². The number of rotatable bonds is 4. The SMILES string of the molecule is O=C(O)C(=O)CCCF. The molecule has 9 heavy (non-hydrogen) atoms. The summed E-state index contributed by atoms with van der Waals surface area (Å²) in [6, 6.07) is 0. The number of carbonyl (C=O) groups is 2. The fraction of sp³-hybridized carbons (Fsp3) is 0.600. The minimum atomic E-state index is -1.48. The molecule has 0 radical (unpaired) electrons. The summed E-state index contributed by atoms with van der Waals surface area (Å²) in [5, 5.41) is 7.94. The Labute approximate surface area is 51.5 Å². The van der Waals surface area contributed by atoms with Gasteiger partial charge in [-0.1, -0.05) is 0 Å². The van der Waals surface area contributed by atoms with Gasteiger partial charge >= 0.3 is 5.97 Å². The third-order valence-electron chi connectivity index (χ3n) is 0.776. The van der Waals surface area contributed by atoms with Gasteiger partial charge in [0.05, 0.1) is 6.67 Å². The summed E-state index contributed by atoms with van der Waals surface area (Å²) in [5.41, 5.74) is 0. The zero-order chi connectivity index (χ0) is 7.28. The Morgan fingerprint density at radius 1 is 1.44 bits per heavy atom. The molecule has 0 aromatic carbocycles. The number of halogens is 1. The van der Waals surface area contributed by atoms with Crippen molar-refractivity contribution in [3.8, 4) is 0 Å². The quantitative estimate of drug-likeness (QED) is 0.566. The first-order valence-corrected chi connectivity index (χ1v) is 2.50. The lowest BCUT2D eigenvalue weighted by molar-refractivity contribution is -0.149. The zero-order valence-electron chi connectivity index (χ0n) is 4.76. The lowest BCUT2D eigenvalue weighted by Gasteiger charge is -1.88. The van der Waals surface area contributed by atoms with Crippen molar-refractivity contribution in [2.24, 2.45) is 0 Å². The average molecular weight is 134 g/mol. The molecule has 0 aliphatic carbocycles. The van der Waals surface area contributed by atoms with Gasteiger partial charge in [0.15, 0.2) is 0 Å². The molecule has 0 bridgehead atoms. The molecule has 4 heteroatoms. The molecule has 0 atom stereocenters. The number of hydrogen-bond donors (Lipinski definition) is 1. The van der Waals surface area contributed by atoms with Crippen LogP contribution >= 0.6 is 0 Å². The van der Waals surface area contributed by atoms with E-state index in [-0.39, 0.29) is 12.8 Å². The van der Waals surface area contributed by atoms with Crippen molar-refractivity contribution in [1.29, 1.82) is 0 Å². The first-order valence-electron chi connectivity index (χ1n) is 2.50. The maximum atomic E-state index is 11.3. The van der Waals surface area contributed by atoms with Crippen molar-refractivity contribution in [3.05, 3.63) is 0 Å². The molecule has 0 unspecified atom stereocenters. The number of carboxylic acid groups (broad SMARTS) is 1. The summed E-state index contributed by atoms with van der Waals surface area (Å²) in [6.45, 7) is -0.640. The van der Waals surface area contributed by atoms with E-state index in [0.29, 0.717) is 0 Å². The van der Waals surface area contributed by atoms with E-state index in [0.717, 1.165) is 0 Å². The van der Waals surface area contributed by atoms with Crippen molar-refractivity contribution in [3.63, 3.8) is 0 Å². The van der Waals surface area contributed by atoms with Crippen molar-refractivity contribution in [2.45, 2.75) is 12.8 Å². The highest BCUT2D eigenvalue weighted by Gasteiger charge is 2.09. The smallest absolute Gasteiger partial charge is 0.372 e. The zero-order valence-corrected chi connectivity index (χ0v) is 4.76. The Hall–Kier alpha value is -0.930. The number of carbonyl (C=O) groups excluding carboxylic acids is 1. The summed E-state index contributed by atoms with van der Waals surface area (Å²) in [4.78, 5) is 19.9. The van der Waals surface area contributed by atoms with Crippen LogP contribution in [0.1, 0.15) is 12.8 Å². The standard InChI is InChI=1S/C5H7FO3/c6-3-1-2-4(7)5(8)9/h1-3H2,(H,8,9). The van der Waals surface area contributed by atoms with Crippen LogP contribution in [0.3, 0.4) is 0 Å². The number of ketones is 1. The largest absolute Gasteiger partial charge is 0.476 e. The van der Waals surface area contributed by atoms with E-state index in [1.54, 1.807) is 0 Å². The van der Waals surface area contributed by atoms with Gasteiger partial charge in [-0.25, -0.2) is 4.79 Å². The molecular weight excluding hydrogens is 127 g/mol. The van der Waals surface area contributed by atoms with Crippen molar-refractivity contribution in [2.75, 3.05) is 6.67 Å². The van der Waals surface area contributed by atoms with Gasteiger partial charge in [0.2, 0.25) is 5.78 Å². The van der Waals surface area contributed by atoms with Gasteiger partial charge < -0.3 is 5.11 Å². The summed E-state index contributed by atoms with van der Waals surface area (Å²) in [6.07, 6.45) is -0.197. The third-order valence-corrected chi connectivity index (χ3v) is 0.776. The molecule has 0 aromatic rings. The Kier molecular flexibility index (Phi) is 3.59. The first kappa shape index (κ1) is 8.07. The van der Waals surface area contributed by atoms with E-state index in [1.807, 2.05) is 0 Å². The van der Waals surface area contributed by atoms with Crippen LogP contribution in [-0.4, -0.2) is 23.5 Å². The maximum Gasteiger partial charge on any atom is 0.372 e. The van der Waals surface area contributed by atoms with Crippen molar-refractivity contribution in [1.82, 2.24) is 0 Å². The van der Waals surface area contributed by atoms with Gasteiger partial charge in [-0.05, 0) is 6.42 Å². The second-order valence-corrected chi connectivity index (χ2v) is 1.52. The van der Waals surface area contributed by atoms with Crippen molar-refractivity contribution >= 4 is 11.8 Å². The molecule has 0 aromatic heterocycles. The number of alkyl halides is 1. The molecule has 0 fully saturated rings. The average Bonchev–Trinajstić information content (AvgIpc) is 1.82. The summed E-state index contributed by atoms with van der Waals surface area (Å²) in [7, 11) is 0. The van der Waals surface area contributed by atoms with E-state index in [2.05, 4.69) is 0 Å². The highest BCUT2D eigenvalue weighted by molar-refractivity contribution is 6.32. The number of aliphatic carboxylic acids is 1. The molecule has 3 nitrogen and oxygen atoms in total. The predicted octanol–water partition coefficient (Wildman–Crippen LogP) is 0.390. The van der Waals surface area contributed by atoms with Crippen LogP contribution in [0.25, 0.3) is 0 Å². The summed E-state index contributed by atoms with van der Waals surface area (Å²) in [5.74, 6) is -2.41. The van der Waals surface area contributed by atoms with Crippen LogP contribution < -0.4 is 0 Å². The number of carboxylic acids is 1. The van der Waals surface area contributed by atoms with Crippen molar-refractivity contribution < 1.29 is 19.1 Å². The second kappa shape index (κ2) is 4.00. The topological polar surface area (TPSA) is 54.4 Å². The maximum absolute atomic E-state index is 11.3. The fourth-order valence-corrected chi connectivity index (χ4v) is 0.334. The van der Waals surface area contributed by atoms with Gasteiger partial charge in [-0.15, -0.1) is 0 Å². The molecule has 0 saturated carbocycles. The van der Waals surface area contributed by atoms with Gasteiger partial charge in [0, 0.05) is 6.42 Å². The summed E-state index contributed by atoms with van der Waals surface area (Å²) >= 11 is 0. The van der Waals surface area contributed by atoms with Gasteiger partial charge in [-0.3, -0.25) is 9.18 Å². The van der Waals surface area contributed by atoms with Crippen LogP contribution in [-0.2, 0) is 9.59 Å². The van der Waals surface area contributed by atoms with Gasteiger partial charge in [-0.2, -0.15) is 0 Å². The predicted molar refractivity (Wildman–Crippen MR) is 27.9 cm³/mol. The first-order chi connectivity index (χ1) is 4.18. The monoisotopic (exact) mass is 134 g/mol. The lowest BCUT2D eigenvalue weighted by Crippen LogP contribution is -2.11. The Bertz CT molecular complexity index is 121. The molecule has 0 amide bonds. The van der Waals surface area contributed by atoms with Gasteiger partial charge in [0.1, 0.15) is 0 Å². The molecule has 0 rings (SSSR count). The number of Topliss-reactive ketones (excluding diaryl/α,β-unsaturated/α-hetero) is 1. The molecule has 0 saturated heterocycles. The molecular formula is C5H7FO3. The second-order valence-electron chi connectivity index (χ2n) is 1.52. The third kappa shape index (κ3) is 3.64. The van der Waals surface area contributed by atoms with E-state index < -0.39 is 18.4 Å². The van der Waals surface area contributed by atoms with E-state index in [1.165, 1.54) is 0 Å². The van der Waals surface area contributed by atoms with E-state index in [9.17, 15) is 14.0 Å². The molecule has 52 valence electrons. The minimum Gasteiger partial charge on any atom is -0.476 e. The normalized spacial score (nSPS) is 9.00. The van der Waals surface area contributed by atoms with E-state index in [4.69, 9.17) is 5.11 Å². The Morgan fingerprint density at radius 2 is 2.00 bits per heavy atom. The van der Waals surface area contributed by atoms with Crippen LogP contribution in [0.15, 0.2) is 0 Å². The fourth-order valence-electron chi connectivity index (χ4n) is 0.334. The number of hydrogen-bond acceptors (Lipinski definition) is 2. The molecule has 0 spiro atoms. The highest BCUT2D eigenvalue weighted by atomic mass is 19.1. The van der Waals surface area contributed by atoms with E-state index >= 15 is 0 Å². The lowest BCUT2D eigenvalue weighted by atomic mass is 10.2. The molecule has 1 N–H and O–H groups in total. The minimum absolute atomic E-state index is 0.00509. The Morgan fingerprint density at radius 3 is 2.33 bits per heavy atom. The van der Waals surface area contributed by atoms with Crippen LogP contribution in [0.4, 0.5) is 4.39 Å². The molecule has 0 heterocycles.